The van der Waals surface area contributed by atoms with Crippen LogP contribution in [0.25, 0.3) is 0 Å². The number of nitrogens with zero attached hydrogens (tertiary/aromatic N) is 1. The van der Waals surface area contributed by atoms with Crippen molar-refractivity contribution in [1.82, 2.24) is 0 Å². The third-order valence-corrected chi connectivity index (χ3v) is 6.58. The van der Waals surface area contributed by atoms with Crippen molar-refractivity contribution in [2.45, 2.75) is 18.9 Å². The minimum Gasteiger partial charge on any atom is -0.494 e. The number of amides is 1. The molecule has 0 spiro atoms. The Labute approximate surface area is 243 Å². The minimum atomic E-state index is -1.05. The summed E-state index contributed by atoms with van der Waals surface area (Å²) in [4.78, 5) is 38.8. The summed E-state index contributed by atoms with van der Waals surface area (Å²) in [6.45, 7) is 4.02. The first-order valence-corrected chi connectivity index (χ1v) is 13.5. The largest absolute Gasteiger partial charge is 0.494 e. The molecule has 4 aromatic rings. The van der Waals surface area contributed by atoms with Crippen LogP contribution in [0.15, 0.2) is 116 Å². The van der Waals surface area contributed by atoms with Gasteiger partial charge >= 0.3 is 5.97 Å². The van der Waals surface area contributed by atoms with E-state index in [2.05, 4.69) is 11.9 Å². The Morgan fingerprint density at radius 3 is 2.26 bits per heavy atom. The van der Waals surface area contributed by atoms with Gasteiger partial charge in [-0.2, -0.15) is 0 Å². The number of ketones is 1. The van der Waals surface area contributed by atoms with E-state index in [4.69, 9.17) is 4.74 Å². The Hall–Kier alpha value is -5.24. The highest BCUT2D eigenvalue weighted by Crippen LogP contribution is 2.23. The predicted octanol–water partition coefficient (Wildman–Crippen LogP) is 6.15. The van der Waals surface area contributed by atoms with Crippen molar-refractivity contribution in [3.05, 3.63) is 138 Å². The number of carbonyl (C=O) groups is 3. The zero-order valence-electron chi connectivity index (χ0n) is 22.9. The molecule has 8 heteroatoms. The van der Waals surface area contributed by atoms with Crippen molar-refractivity contribution in [2.24, 2.45) is 0 Å². The predicted molar refractivity (Wildman–Crippen MR) is 161 cm³/mol. The summed E-state index contributed by atoms with van der Waals surface area (Å²) in [6, 6.07) is 27.8. The average molecular weight is 567 g/mol. The molecule has 2 N–H and O–H groups in total. The fourth-order valence-corrected chi connectivity index (χ4v) is 4.44. The number of carboxylic acid groups (broad SMARTS) is 1. The van der Waals surface area contributed by atoms with Crippen LogP contribution in [0, 0.1) is 5.82 Å². The number of hydrogen-bond acceptors (Lipinski definition) is 5. The van der Waals surface area contributed by atoms with E-state index in [0.717, 1.165) is 11.6 Å². The molecule has 0 saturated carbocycles. The van der Waals surface area contributed by atoms with Gasteiger partial charge in [0.05, 0.1) is 12.3 Å². The minimum absolute atomic E-state index is 0.171. The fourth-order valence-electron chi connectivity index (χ4n) is 4.44. The number of aliphatic carboxylic acids is 1. The zero-order chi connectivity index (χ0) is 29.9. The number of rotatable bonds is 14. The van der Waals surface area contributed by atoms with E-state index < -0.39 is 23.7 Å². The molecule has 0 saturated heterocycles. The monoisotopic (exact) mass is 566 g/mol. The van der Waals surface area contributed by atoms with Gasteiger partial charge in [0.15, 0.2) is 5.78 Å². The van der Waals surface area contributed by atoms with Crippen LogP contribution in [0.3, 0.4) is 0 Å². The van der Waals surface area contributed by atoms with E-state index in [1.807, 2.05) is 6.07 Å². The maximum Gasteiger partial charge on any atom is 0.326 e. The topological polar surface area (TPSA) is 95.9 Å². The lowest BCUT2D eigenvalue weighted by atomic mass is 10.00. The molecular formula is C34H31FN2O5. The maximum atomic E-state index is 14.2. The molecule has 0 aliphatic carbocycles. The highest BCUT2D eigenvalue weighted by Gasteiger charge is 2.21. The first-order valence-electron chi connectivity index (χ1n) is 13.5. The lowest BCUT2D eigenvalue weighted by molar-refractivity contribution is -0.137. The molecular weight excluding hydrogens is 535 g/mol. The number of ether oxygens (including phenoxy) is 1. The lowest BCUT2D eigenvalue weighted by Gasteiger charge is -2.22. The molecule has 1 amide bonds. The normalized spacial score (nSPS) is 11.3. The van der Waals surface area contributed by atoms with Crippen LogP contribution in [-0.2, 0) is 16.0 Å². The molecule has 0 bridgehead atoms. The second-order valence-electron chi connectivity index (χ2n) is 9.47. The Kier molecular flexibility index (Phi) is 10.2. The van der Waals surface area contributed by atoms with Crippen LogP contribution in [0.5, 0.6) is 5.75 Å². The van der Waals surface area contributed by atoms with Gasteiger partial charge in [-0.1, -0.05) is 73.3 Å². The van der Waals surface area contributed by atoms with Crippen molar-refractivity contribution in [1.29, 1.82) is 0 Å². The molecule has 42 heavy (non-hydrogen) atoms. The summed E-state index contributed by atoms with van der Waals surface area (Å²) < 4.78 is 20.0. The highest BCUT2D eigenvalue weighted by atomic mass is 19.1. The Balaban J connectivity index is 1.35. The number of anilines is 2. The van der Waals surface area contributed by atoms with Gasteiger partial charge in [-0.3, -0.25) is 9.59 Å². The van der Waals surface area contributed by atoms with Crippen LogP contribution in [0.1, 0.15) is 27.9 Å². The van der Waals surface area contributed by atoms with Crippen molar-refractivity contribution >= 4 is 29.0 Å². The average Bonchev–Trinajstić information content (AvgIpc) is 3.02. The van der Waals surface area contributed by atoms with E-state index >= 15 is 0 Å². The molecule has 0 aromatic heterocycles. The molecule has 0 aliphatic rings. The number of carbonyl (C=O) groups excluding carboxylic acids is 2. The second-order valence-corrected chi connectivity index (χ2v) is 9.47. The fraction of sp³-hybridized carbons (Fsp3) is 0.147. The molecule has 7 nitrogen and oxygen atoms in total. The van der Waals surface area contributed by atoms with Crippen LogP contribution in [0.4, 0.5) is 15.8 Å². The van der Waals surface area contributed by atoms with Gasteiger partial charge in [-0.15, -0.1) is 0 Å². The molecule has 0 aliphatic heterocycles. The highest BCUT2D eigenvalue weighted by molar-refractivity contribution is 6.12. The SMILES string of the molecule is C=CC(=O)N(CCCOc1ccc(C[C@H](Nc2ccccc2C(=O)c2ccccc2)C(=O)O)cc1)c1ccccc1F. The van der Waals surface area contributed by atoms with Gasteiger partial charge in [-0.05, 0) is 54.5 Å². The molecule has 4 aromatic carbocycles. The van der Waals surface area contributed by atoms with E-state index in [1.165, 1.54) is 17.0 Å². The number of benzene rings is 4. The Morgan fingerprint density at radius 2 is 1.57 bits per heavy atom. The Bertz CT molecular complexity index is 1540. The molecule has 0 radical (unpaired) electrons. The van der Waals surface area contributed by atoms with Gasteiger partial charge in [0.1, 0.15) is 17.6 Å². The molecule has 0 fully saturated rings. The first kappa shape index (κ1) is 29.7. The Morgan fingerprint density at radius 1 is 0.905 bits per heavy atom. The van der Waals surface area contributed by atoms with Crippen molar-refractivity contribution in [3.8, 4) is 5.75 Å². The van der Waals surface area contributed by atoms with Crippen molar-refractivity contribution in [2.75, 3.05) is 23.4 Å². The van der Waals surface area contributed by atoms with E-state index in [9.17, 15) is 23.9 Å². The number of nitrogens with one attached hydrogen (secondary N) is 1. The van der Waals surface area contributed by atoms with Gasteiger partial charge in [0, 0.05) is 29.8 Å². The smallest absolute Gasteiger partial charge is 0.326 e. The van der Waals surface area contributed by atoms with Crippen LogP contribution in [-0.4, -0.2) is 42.0 Å². The van der Waals surface area contributed by atoms with E-state index in [1.54, 1.807) is 84.9 Å². The molecule has 0 heterocycles. The van der Waals surface area contributed by atoms with Gasteiger partial charge in [-0.25, -0.2) is 9.18 Å². The molecule has 1 atom stereocenters. The first-order chi connectivity index (χ1) is 20.4. The van der Waals surface area contributed by atoms with E-state index in [-0.39, 0.29) is 31.0 Å². The van der Waals surface area contributed by atoms with Gasteiger partial charge in [0.25, 0.3) is 0 Å². The standard InChI is InChI=1S/C34H31FN2O5/c1-2-32(38)37(31-16-9-7-14-28(31)35)21-10-22-42-26-19-17-24(18-20-26)23-30(34(40)41)36-29-15-8-6-13-27(29)33(39)25-11-4-3-5-12-25/h2-9,11-20,30,36H,1,10,21-23H2,(H,40,41)/t30-/m0/s1. The van der Waals surface area contributed by atoms with Crippen molar-refractivity contribution in [3.63, 3.8) is 0 Å². The summed E-state index contributed by atoms with van der Waals surface area (Å²) in [6.07, 6.45) is 1.76. The number of para-hydroxylation sites is 2. The summed E-state index contributed by atoms with van der Waals surface area (Å²) in [5.74, 6) is -1.58. The molecule has 214 valence electrons. The summed E-state index contributed by atoms with van der Waals surface area (Å²) in [7, 11) is 0. The third kappa shape index (κ3) is 7.69. The van der Waals surface area contributed by atoms with Crippen LogP contribution < -0.4 is 15.0 Å². The quantitative estimate of drug-likeness (QED) is 0.108. The maximum absolute atomic E-state index is 14.2. The third-order valence-electron chi connectivity index (χ3n) is 6.58. The summed E-state index contributed by atoms with van der Waals surface area (Å²) in [5, 5.41) is 12.9. The van der Waals surface area contributed by atoms with Crippen molar-refractivity contribution < 1.29 is 28.6 Å². The number of carboxylic acids is 1. The van der Waals surface area contributed by atoms with Crippen LogP contribution in [0.2, 0.25) is 0 Å². The van der Waals surface area contributed by atoms with Gasteiger partial charge < -0.3 is 20.1 Å². The number of halogens is 1. The second kappa shape index (κ2) is 14.4. The summed E-state index contributed by atoms with van der Waals surface area (Å²) >= 11 is 0. The van der Waals surface area contributed by atoms with E-state index in [0.29, 0.717) is 29.0 Å². The lowest BCUT2D eigenvalue weighted by Crippen LogP contribution is -2.32. The zero-order valence-corrected chi connectivity index (χ0v) is 22.9. The van der Waals surface area contributed by atoms with Crippen LogP contribution >= 0.6 is 0 Å². The number of hydrogen-bond donors (Lipinski definition) is 2. The summed E-state index contributed by atoms with van der Waals surface area (Å²) in [5.41, 5.74) is 2.29. The molecule has 0 unspecified atom stereocenters. The molecule has 4 rings (SSSR count). The van der Waals surface area contributed by atoms with Gasteiger partial charge in [0.2, 0.25) is 5.91 Å².